The van der Waals surface area contributed by atoms with Crippen molar-refractivity contribution in [3.8, 4) is 0 Å². The number of nitrogens with zero attached hydrogens (tertiary/aromatic N) is 3. The molecular formula is C18H26ClN3O3. The Labute approximate surface area is 154 Å². The topological polar surface area (TPSA) is 56.7 Å². The SMILES string of the molecule is C=Cc1c(Cl)ncnc1/C=C(\CCOCCCN1CCOCC1)OC. The molecule has 1 aliphatic heterocycles. The summed E-state index contributed by atoms with van der Waals surface area (Å²) in [6.45, 7) is 9.85. The molecule has 0 amide bonds. The Kier molecular flexibility index (Phi) is 8.90. The summed E-state index contributed by atoms with van der Waals surface area (Å²) in [7, 11) is 1.64. The smallest absolute Gasteiger partial charge is 0.140 e. The van der Waals surface area contributed by atoms with Crippen molar-refractivity contribution in [1.82, 2.24) is 14.9 Å². The van der Waals surface area contributed by atoms with Gasteiger partial charge in [-0.15, -0.1) is 0 Å². The molecule has 1 aromatic heterocycles. The maximum atomic E-state index is 6.05. The lowest BCUT2D eigenvalue weighted by atomic mass is 10.2. The zero-order valence-electron chi connectivity index (χ0n) is 14.7. The molecular weight excluding hydrogens is 342 g/mol. The van der Waals surface area contributed by atoms with Crippen LogP contribution >= 0.6 is 11.6 Å². The molecule has 0 atom stereocenters. The minimum Gasteiger partial charge on any atom is -0.501 e. The van der Waals surface area contributed by atoms with Crippen molar-refractivity contribution in [2.75, 3.05) is 53.2 Å². The fraction of sp³-hybridized carbons (Fsp3) is 0.556. The van der Waals surface area contributed by atoms with Gasteiger partial charge in [-0.25, -0.2) is 9.97 Å². The molecule has 6 nitrogen and oxygen atoms in total. The van der Waals surface area contributed by atoms with E-state index in [2.05, 4.69) is 21.4 Å². The highest BCUT2D eigenvalue weighted by atomic mass is 35.5. The lowest BCUT2D eigenvalue weighted by molar-refractivity contribution is 0.0317. The molecule has 0 spiro atoms. The molecule has 25 heavy (non-hydrogen) atoms. The van der Waals surface area contributed by atoms with Crippen LogP contribution < -0.4 is 0 Å². The second-order valence-electron chi connectivity index (χ2n) is 5.65. The van der Waals surface area contributed by atoms with Gasteiger partial charge in [0.25, 0.3) is 0 Å². The van der Waals surface area contributed by atoms with Crippen LogP contribution in [0.1, 0.15) is 24.1 Å². The van der Waals surface area contributed by atoms with Gasteiger partial charge in [0, 0.05) is 44.3 Å². The second-order valence-corrected chi connectivity index (χ2v) is 6.01. The summed E-state index contributed by atoms with van der Waals surface area (Å²) in [5, 5.41) is 0.381. The van der Waals surface area contributed by atoms with Gasteiger partial charge in [0.2, 0.25) is 0 Å². The predicted molar refractivity (Wildman–Crippen MR) is 99.4 cm³/mol. The fourth-order valence-corrected chi connectivity index (χ4v) is 2.78. The third-order valence-corrected chi connectivity index (χ3v) is 4.29. The van der Waals surface area contributed by atoms with E-state index in [1.165, 1.54) is 6.33 Å². The van der Waals surface area contributed by atoms with Gasteiger partial charge in [0.05, 0.1) is 38.4 Å². The van der Waals surface area contributed by atoms with Crippen molar-refractivity contribution in [2.45, 2.75) is 12.8 Å². The summed E-state index contributed by atoms with van der Waals surface area (Å²) in [5.74, 6) is 0.783. The molecule has 0 bridgehead atoms. The first-order valence-electron chi connectivity index (χ1n) is 8.50. The van der Waals surface area contributed by atoms with E-state index in [-0.39, 0.29) is 0 Å². The van der Waals surface area contributed by atoms with Crippen molar-refractivity contribution in [3.05, 3.63) is 35.1 Å². The van der Waals surface area contributed by atoms with E-state index in [1.54, 1.807) is 13.2 Å². The first-order valence-corrected chi connectivity index (χ1v) is 8.87. The summed E-state index contributed by atoms with van der Waals surface area (Å²) in [4.78, 5) is 10.6. The highest BCUT2D eigenvalue weighted by Gasteiger charge is 2.09. The molecule has 0 saturated carbocycles. The minimum absolute atomic E-state index is 0.381. The molecule has 2 heterocycles. The van der Waals surface area contributed by atoms with E-state index in [0.717, 1.165) is 51.6 Å². The highest BCUT2D eigenvalue weighted by molar-refractivity contribution is 6.31. The standard InChI is InChI=1S/C18H26ClN3O3/c1-3-16-17(20-14-21-18(16)19)13-15(23-2)5-10-24-9-4-6-22-7-11-25-12-8-22/h3,13-14H,1,4-12H2,2H3/b15-13+. The fourth-order valence-electron chi connectivity index (χ4n) is 2.57. The second kappa shape index (κ2) is 11.2. The van der Waals surface area contributed by atoms with Crippen molar-refractivity contribution < 1.29 is 14.2 Å². The van der Waals surface area contributed by atoms with E-state index in [1.807, 2.05) is 6.08 Å². The number of aromatic nitrogens is 2. The lowest BCUT2D eigenvalue weighted by Crippen LogP contribution is -2.37. The Morgan fingerprint density at radius 2 is 2.16 bits per heavy atom. The van der Waals surface area contributed by atoms with Gasteiger partial charge in [-0.2, -0.15) is 0 Å². The van der Waals surface area contributed by atoms with Gasteiger partial charge in [-0.3, -0.25) is 4.90 Å². The number of halogens is 1. The molecule has 1 aromatic rings. The molecule has 0 unspecified atom stereocenters. The quantitative estimate of drug-likeness (QED) is 0.360. The van der Waals surface area contributed by atoms with E-state index in [4.69, 9.17) is 25.8 Å². The number of ether oxygens (including phenoxy) is 3. The Bertz CT molecular complexity index is 575. The van der Waals surface area contributed by atoms with Gasteiger partial charge in [-0.1, -0.05) is 24.3 Å². The van der Waals surface area contributed by atoms with Crippen LogP contribution in [0.2, 0.25) is 5.15 Å². The molecule has 0 aliphatic carbocycles. The van der Waals surface area contributed by atoms with Crippen molar-refractivity contribution in [2.24, 2.45) is 0 Å². The Balaban J connectivity index is 1.72. The minimum atomic E-state index is 0.381. The normalized spacial score (nSPS) is 16.0. The average Bonchev–Trinajstić information content (AvgIpc) is 2.64. The van der Waals surface area contributed by atoms with Crippen LogP contribution in [0.15, 0.2) is 18.7 Å². The maximum absolute atomic E-state index is 6.05. The van der Waals surface area contributed by atoms with Gasteiger partial charge in [0.1, 0.15) is 11.5 Å². The Hall–Kier alpha value is -1.47. The molecule has 0 aromatic carbocycles. The zero-order valence-corrected chi connectivity index (χ0v) is 15.5. The Morgan fingerprint density at radius 1 is 1.36 bits per heavy atom. The first kappa shape index (κ1) is 19.8. The zero-order chi connectivity index (χ0) is 17.9. The summed E-state index contributed by atoms with van der Waals surface area (Å²) in [6.07, 6.45) is 6.61. The number of methoxy groups -OCH3 is 1. The third-order valence-electron chi connectivity index (χ3n) is 3.99. The first-order chi connectivity index (χ1) is 12.2. The lowest BCUT2D eigenvalue weighted by Gasteiger charge is -2.26. The summed E-state index contributed by atoms with van der Waals surface area (Å²) in [6, 6.07) is 0. The molecule has 7 heteroatoms. The van der Waals surface area contributed by atoms with Crippen LogP contribution in [-0.2, 0) is 14.2 Å². The number of morpholine rings is 1. The summed E-state index contributed by atoms with van der Waals surface area (Å²) in [5.41, 5.74) is 1.39. The van der Waals surface area contributed by atoms with Crippen LogP contribution in [0.3, 0.4) is 0 Å². The maximum Gasteiger partial charge on any atom is 0.140 e. The van der Waals surface area contributed by atoms with Crippen molar-refractivity contribution >= 4 is 23.8 Å². The van der Waals surface area contributed by atoms with Crippen LogP contribution in [-0.4, -0.2) is 68.0 Å². The molecule has 1 aliphatic rings. The monoisotopic (exact) mass is 367 g/mol. The number of rotatable bonds is 10. The molecule has 138 valence electrons. The van der Waals surface area contributed by atoms with E-state index >= 15 is 0 Å². The van der Waals surface area contributed by atoms with Crippen molar-refractivity contribution in [1.29, 1.82) is 0 Å². The largest absolute Gasteiger partial charge is 0.501 e. The van der Waals surface area contributed by atoms with E-state index in [9.17, 15) is 0 Å². The van der Waals surface area contributed by atoms with Crippen molar-refractivity contribution in [3.63, 3.8) is 0 Å². The third kappa shape index (κ3) is 6.74. The highest BCUT2D eigenvalue weighted by Crippen LogP contribution is 2.20. The molecule has 0 radical (unpaired) electrons. The van der Waals surface area contributed by atoms with Gasteiger partial charge >= 0.3 is 0 Å². The molecule has 1 fully saturated rings. The number of hydrogen-bond donors (Lipinski definition) is 0. The molecule has 2 rings (SSSR count). The Morgan fingerprint density at radius 3 is 2.88 bits per heavy atom. The van der Waals surface area contributed by atoms with Gasteiger partial charge in [0.15, 0.2) is 0 Å². The summed E-state index contributed by atoms with van der Waals surface area (Å²) < 4.78 is 16.5. The summed E-state index contributed by atoms with van der Waals surface area (Å²) >= 11 is 6.05. The van der Waals surface area contributed by atoms with Crippen LogP contribution in [0, 0.1) is 0 Å². The van der Waals surface area contributed by atoms with Crippen LogP contribution in [0.4, 0.5) is 0 Å². The van der Waals surface area contributed by atoms with Gasteiger partial charge in [-0.05, 0) is 6.42 Å². The van der Waals surface area contributed by atoms with E-state index < -0.39 is 0 Å². The van der Waals surface area contributed by atoms with Crippen LogP contribution in [0.5, 0.6) is 0 Å². The molecule has 1 saturated heterocycles. The van der Waals surface area contributed by atoms with Crippen LogP contribution in [0.25, 0.3) is 12.2 Å². The molecule has 0 N–H and O–H groups in total. The average molecular weight is 368 g/mol. The van der Waals surface area contributed by atoms with Gasteiger partial charge < -0.3 is 14.2 Å². The predicted octanol–water partition coefficient (Wildman–Crippen LogP) is 2.89. The van der Waals surface area contributed by atoms with E-state index in [0.29, 0.717) is 29.4 Å². The number of hydrogen-bond acceptors (Lipinski definition) is 6.